The summed E-state index contributed by atoms with van der Waals surface area (Å²) in [5.74, 6) is 0.459. The number of nitrogens with zero attached hydrogens (tertiary/aromatic N) is 2. The molecule has 1 aromatic carbocycles. The lowest BCUT2D eigenvalue weighted by atomic mass is 10.0. The highest BCUT2D eigenvalue weighted by atomic mass is 16.5. The Kier molecular flexibility index (Phi) is 5.14. The van der Waals surface area contributed by atoms with Gasteiger partial charge in [-0.05, 0) is 6.07 Å². The molecule has 0 bridgehead atoms. The molecule has 24 heavy (non-hydrogen) atoms. The first-order valence-corrected chi connectivity index (χ1v) is 7.28. The van der Waals surface area contributed by atoms with Crippen LogP contribution >= 0.6 is 0 Å². The second kappa shape index (κ2) is 7.08. The summed E-state index contributed by atoms with van der Waals surface area (Å²) < 4.78 is 16.0. The number of nitrogens with one attached hydrogen (secondary N) is 1. The molecule has 1 aromatic rings. The monoisotopic (exact) mass is 333 g/mol. The molecule has 1 aliphatic rings. The molecule has 8 heteroatoms. The van der Waals surface area contributed by atoms with Crippen LogP contribution in [-0.4, -0.2) is 51.1 Å². The van der Waals surface area contributed by atoms with E-state index in [0.717, 1.165) is 0 Å². The fourth-order valence-corrected chi connectivity index (χ4v) is 2.77. The van der Waals surface area contributed by atoms with E-state index in [4.69, 9.17) is 14.2 Å². The first-order valence-electron chi connectivity index (χ1n) is 7.28. The molecule has 2 amide bonds. The molecule has 1 N–H and O–H groups in total. The van der Waals surface area contributed by atoms with Crippen molar-refractivity contribution in [3.05, 3.63) is 17.2 Å². The highest BCUT2D eigenvalue weighted by Crippen LogP contribution is 2.48. The predicted octanol–water partition coefficient (Wildman–Crippen LogP) is 0.869. The molecule has 0 aromatic heterocycles. The maximum atomic E-state index is 12.7. The second-order valence-corrected chi connectivity index (χ2v) is 5.12. The number of rotatable bonds is 6. The third-order valence-corrected chi connectivity index (χ3v) is 3.79. The lowest BCUT2D eigenvalue weighted by Gasteiger charge is -2.21. The minimum absolute atomic E-state index is 0.200. The fraction of sp³-hybridized carbons (Fsp3) is 0.438. The van der Waals surface area contributed by atoms with E-state index in [9.17, 15) is 14.9 Å². The number of carbonyl (C=O) groups excluding carboxylic acids is 2. The van der Waals surface area contributed by atoms with Crippen LogP contribution in [-0.2, 0) is 4.79 Å². The van der Waals surface area contributed by atoms with E-state index in [2.05, 4.69) is 11.4 Å². The molecular formula is C16H19N3O5. The zero-order valence-corrected chi connectivity index (χ0v) is 14.0. The van der Waals surface area contributed by atoms with Crippen LogP contribution in [0, 0.1) is 11.3 Å². The van der Waals surface area contributed by atoms with E-state index < -0.39 is 6.04 Å². The number of nitriles is 1. The molecule has 0 saturated heterocycles. The number of hydrogen-bond acceptors (Lipinski definition) is 6. The highest BCUT2D eigenvalue weighted by Gasteiger charge is 2.41. The maximum absolute atomic E-state index is 12.7. The third-order valence-electron chi connectivity index (χ3n) is 3.79. The van der Waals surface area contributed by atoms with Gasteiger partial charge in [0.2, 0.25) is 11.7 Å². The van der Waals surface area contributed by atoms with E-state index in [1.54, 1.807) is 6.07 Å². The van der Waals surface area contributed by atoms with E-state index in [0.29, 0.717) is 28.4 Å². The zero-order chi connectivity index (χ0) is 17.9. The minimum Gasteiger partial charge on any atom is -0.493 e. The molecule has 0 fully saturated rings. The minimum atomic E-state index is -0.823. The molecule has 0 spiro atoms. The van der Waals surface area contributed by atoms with Crippen molar-refractivity contribution in [1.29, 1.82) is 5.26 Å². The van der Waals surface area contributed by atoms with Crippen molar-refractivity contribution < 1.29 is 23.8 Å². The van der Waals surface area contributed by atoms with Gasteiger partial charge in [-0.1, -0.05) is 0 Å². The zero-order valence-electron chi connectivity index (χ0n) is 14.0. The molecule has 0 aliphatic carbocycles. The molecule has 1 heterocycles. The van der Waals surface area contributed by atoms with Gasteiger partial charge in [0.25, 0.3) is 5.91 Å². The van der Waals surface area contributed by atoms with E-state index in [1.165, 1.54) is 33.2 Å². The molecule has 1 aliphatic heterocycles. The second-order valence-electron chi connectivity index (χ2n) is 5.12. The Morgan fingerprint density at radius 3 is 2.46 bits per heavy atom. The molecule has 128 valence electrons. The molecular weight excluding hydrogens is 314 g/mol. The number of methoxy groups -OCH3 is 3. The standard InChI is InChI=1S/C16H19N3O5/c1-9(20)18-5-6-19-11(8-17)13-10(16(19)21)7-12(22-2)14(23-3)15(13)24-4/h7,11H,5-6H2,1-4H3,(H,18,20). The summed E-state index contributed by atoms with van der Waals surface area (Å²) in [5.41, 5.74) is 0.782. The van der Waals surface area contributed by atoms with E-state index in [1.807, 2.05) is 0 Å². The summed E-state index contributed by atoms with van der Waals surface area (Å²) in [4.78, 5) is 25.1. The van der Waals surface area contributed by atoms with Crippen molar-refractivity contribution in [3.8, 4) is 23.3 Å². The molecule has 1 atom stereocenters. The first kappa shape index (κ1) is 17.4. The molecule has 2 rings (SSSR count). The average Bonchev–Trinajstić information content (AvgIpc) is 2.84. The van der Waals surface area contributed by atoms with Crippen LogP contribution in [0.5, 0.6) is 17.2 Å². The van der Waals surface area contributed by atoms with Crippen molar-refractivity contribution >= 4 is 11.8 Å². The van der Waals surface area contributed by atoms with Gasteiger partial charge in [-0.3, -0.25) is 9.59 Å². The van der Waals surface area contributed by atoms with Gasteiger partial charge in [0.15, 0.2) is 11.5 Å². The topological polar surface area (TPSA) is 101 Å². The summed E-state index contributed by atoms with van der Waals surface area (Å²) in [6.07, 6.45) is 0. The Morgan fingerprint density at radius 2 is 1.96 bits per heavy atom. The Bertz CT molecular complexity index is 711. The quantitative estimate of drug-likeness (QED) is 0.829. The molecule has 8 nitrogen and oxygen atoms in total. The van der Waals surface area contributed by atoms with Crippen molar-refractivity contribution in [3.63, 3.8) is 0 Å². The largest absolute Gasteiger partial charge is 0.493 e. The SMILES string of the molecule is COc1cc2c(c(OC)c1OC)C(C#N)N(CCNC(C)=O)C2=O. The number of hydrogen-bond donors (Lipinski definition) is 1. The van der Waals surface area contributed by atoms with Crippen LogP contribution in [0.15, 0.2) is 6.07 Å². The number of amides is 2. The van der Waals surface area contributed by atoms with Gasteiger partial charge >= 0.3 is 0 Å². The van der Waals surface area contributed by atoms with E-state index in [-0.39, 0.29) is 24.9 Å². The van der Waals surface area contributed by atoms with Crippen molar-refractivity contribution in [2.45, 2.75) is 13.0 Å². The summed E-state index contributed by atoms with van der Waals surface area (Å²) >= 11 is 0. The van der Waals surface area contributed by atoms with Crippen molar-refractivity contribution in [1.82, 2.24) is 10.2 Å². The predicted molar refractivity (Wildman–Crippen MR) is 84.2 cm³/mol. The smallest absolute Gasteiger partial charge is 0.255 e. The van der Waals surface area contributed by atoms with Gasteiger partial charge < -0.3 is 24.4 Å². The van der Waals surface area contributed by atoms with Crippen molar-refractivity contribution in [2.24, 2.45) is 0 Å². The molecule has 0 radical (unpaired) electrons. The van der Waals surface area contributed by atoms with Gasteiger partial charge in [-0.15, -0.1) is 0 Å². The lowest BCUT2D eigenvalue weighted by Crippen LogP contribution is -2.36. The number of benzene rings is 1. The highest BCUT2D eigenvalue weighted by molar-refractivity contribution is 6.01. The molecule has 0 saturated carbocycles. The lowest BCUT2D eigenvalue weighted by molar-refractivity contribution is -0.119. The van der Waals surface area contributed by atoms with Crippen LogP contribution in [0.25, 0.3) is 0 Å². The fourth-order valence-electron chi connectivity index (χ4n) is 2.77. The van der Waals surface area contributed by atoms with Gasteiger partial charge in [0.05, 0.1) is 33.0 Å². The summed E-state index contributed by atoms with van der Waals surface area (Å²) in [5, 5.41) is 12.2. The van der Waals surface area contributed by atoms with Gasteiger partial charge in [-0.2, -0.15) is 5.26 Å². The summed E-state index contributed by atoms with van der Waals surface area (Å²) in [7, 11) is 4.36. The normalized spacial score (nSPS) is 15.5. The first-order chi connectivity index (χ1) is 11.5. The Hall–Kier alpha value is -2.95. The van der Waals surface area contributed by atoms with E-state index >= 15 is 0 Å². The Labute approximate surface area is 139 Å². The summed E-state index contributed by atoms with van der Waals surface area (Å²) in [6.45, 7) is 1.85. The van der Waals surface area contributed by atoms with Gasteiger partial charge in [0.1, 0.15) is 6.04 Å². The van der Waals surface area contributed by atoms with Gasteiger partial charge in [0, 0.05) is 25.6 Å². The maximum Gasteiger partial charge on any atom is 0.255 e. The Balaban J connectivity index is 2.49. The third kappa shape index (κ3) is 2.80. The number of carbonyl (C=O) groups is 2. The van der Waals surface area contributed by atoms with Crippen molar-refractivity contribution in [2.75, 3.05) is 34.4 Å². The van der Waals surface area contributed by atoms with Crippen LogP contribution in [0.3, 0.4) is 0 Å². The van der Waals surface area contributed by atoms with Crippen LogP contribution in [0.4, 0.5) is 0 Å². The Morgan fingerprint density at radius 1 is 1.29 bits per heavy atom. The summed E-state index contributed by atoms with van der Waals surface area (Å²) in [6, 6.07) is 2.84. The average molecular weight is 333 g/mol. The van der Waals surface area contributed by atoms with Crippen LogP contribution in [0.2, 0.25) is 0 Å². The number of ether oxygens (including phenoxy) is 3. The van der Waals surface area contributed by atoms with Crippen LogP contribution < -0.4 is 19.5 Å². The number of fused-ring (bicyclic) bond motifs is 1. The van der Waals surface area contributed by atoms with Crippen LogP contribution in [0.1, 0.15) is 28.9 Å². The van der Waals surface area contributed by atoms with Gasteiger partial charge in [-0.25, -0.2) is 0 Å². The molecule has 1 unspecified atom stereocenters.